The van der Waals surface area contributed by atoms with Crippen LogP contribution in [0.15, 0.2) is 12.1 Å². The molecule has 0 amide bonds. The van der Waals surface area contributed by atoms with Gasteiger partial charge in [0.05, 0.1) is 0 Å². The number of benzene rings is 1. The van der Waals surface area contributed by atoms with E-state index in [1.807, 2.05) is 32.9 Å². The van der Waals surface area contributed by atoms with Gasteiger partial charge in [0, 0.05) is 5.56 Å². The summed E-state index contributed by atoms with van der Waals surface area (Å²) in [5.41, 5.74) is 4.06. The molecule has 1 nitrogen and oxygen atoms in total. The van der Waals surface area contributed by atoms with Crippen LogP contribution in [0, 0.1) is 20.8 Å². The molecule has 2 heteroatoms. The van der Waals surface area contributed by atoms with E-state index in [-0.39, 0.29) is 4.69 Å². The highest BCUT2D eigenvalue weighted by molar-refractivity contribution is 9.18. The Bertz CT molecular complexity index is 306. The SMILES string of the molecule is Cc1cc(C)c(C(=O)Br)c(C)c1. The summed E-state index contributed by atoms with van der Waals surface area (Å²) in [6, 6.07) is 4.03. The second-order valence-corrected chi connectivity index (χ2v) is 3.77. The van der Waals surface area contributed by atoms with E-state index in [0.29, 0.717) is 0 Å². The Morgan fingerprint density at radius 2 is 1.58 bits per heavy atom. The van der Waals surface area contributed by atoms with Crippen molar-refractivity contribution in [3.63, 3.8) is 0 Å². The van der Waals surface area contributed by atoms with Gasteiger partial charge in [-0.1, -0.05) is 17.7 Å². The first kappa shape index (κ1) is 9.46. The molecule has 0 bridgehead atoms. The fraction of sp³-hybridized carbons (Fsp3) is 0.300. The van der Waals surface area contributed by atoms with Crippen LogP contribution < -0.4 is 0 Å². The molecule has 0 atom stereocenters. The van der Waals surface area contributed by atoms with Crippen LogP contribution in [0.4, 0.5) is 0 Å². The van der Waals surface area contributed by atoms with Gasteiger partial charge < -0.3 is 0 Å². The zero-order chi connectivity index (χ0) is 9.30. The third-order valence-electron chi connectivity index (χ3n) is 1.87. The predicted octanol–water partition coefficient (Wildman–Crippen LogP) is 3.15. The number of rotatable bonds is 1. The van der Waals surface area contributed by atoms with Crippen molar-refractivity contribution >= 4 is 20.6 Å². The summed E-state index contributed by atoms with van der Waals surface area (Å²) in [7, 11) is 0. The smallest absolute Gasteiger partial charge is 0.228 e. The van der Waals surface area contributed by atoms with Gasteiger partial charge in [0.2, 0.25) is 4.69 Å². The summed E-state index contributed by atoms with van der Waals surface area (Å²) in [5.74, 6) is 0. The van der Waals surface area contributed by atoms with Crippen LogP contribution in [0.2, 0.25) is 0 Å². The first-order valence-electron chi connectivity index (χ1n) is 3.80. The van der Waals surface area contributed by atoms with Crippen molar-refractivity contribution in [3.05, 3.63) is 34.4 Å². The highest BCUT2D eigenvalue weighted by Gasteiger charge is 2.08. The summed E-state index contributed by atoms with van der Waals surface area (Å²) in [6.07, 6.45) is 0. The van der Waals surface area contributed by atoms with E-state index in [9.17, 15) is 4.79 Å². The average Bonchev–Trinajstić information content (AvgIpc) is 1.82. The Morgan fingerprint density at radius 3 is 1.92 bits per heavy atom. The lowest BCUT2D eigenvalue weighted by molar-refractivity contribution is 0.109. The predicted molar refractivity (Wildman–Crippen MR) is 53.9 cm³/mol. The summed E-state index contributed by atoms with van der Waals surface area (Å²) in [4.78, 5) is 11.1. The Labute approximate surface area is 80.9 Å². The van der Waals surface area contributed by atoms with Crippen molar-refractivity contribution in [2.45, 2.75) is 20.8 Å². The molecule has 0 heterocycles. The Hall–Kier alpha value is -0.630. The maximum Gasteiger partial charge on any atom is 0.228 e. The molecule has 0 radical (unpaired) electrons. The highest BCUT2D eigenvalue weighted by Crippen LogP contribution is 2.18. The average molecular weight is 227 g/mol. The molecule has 0 aliphatic heterocycles. The molecule has 0 saturated carbocycles. The minimum absolute atomic E-state index is 0.0301. The standard InChI is InChI=1S/C10H11BrO/c1-6-4-7(2)9(10(11)12)8(3)5-6/h4-5H,1-3H3. The van der Waals surface area contributed by atoms with E-state index >= 15 is 0 Å². The molecule has 0 unspecified atom stereocenters. The second-order valence-electron chi connectivity index (χ2n) is 3.05. The first-order chi connectivity index (χ1) is 5.52. The lowest BCUT2D eigenvalue weighted by atomic mass is 10.0. The van der Waals surface area contributed by atoms with Gasteiger partial charge in [0.1, 0.15) is 0 Å². The molecule has 0 aliphatic rings. The van der Waals surface area contributed by atoms with Crippen LogP contribution in [0.25, 0.3) is 0 Å². The molecule has 1 aromatic carbocycles. The van der Waals surface area contributed by atoms with E-state index in [0.717, 1.165) is 16.7 Å². The van der Waals surface area contributed by atoms with Crippen molar-refractivity contribution < 1.29 is 4.79 Å². The van der Waals surface area contributed by atoms with Crippen molar-refractivity contribution in [2.75, 3.05) is 0 Å². The van der Waals surface area contributed by atoms with Crippen LogP contribution in [0.1, 0.15) is 27.0 Å². The van der Waals surface area contributed by atoms with Gasteiger partial charge in [-0.25, -0.2) is 0 Å². The summed E-state index contributed by atoms with van der Waals surface area (Å²) >= 11 is 2.97. The molecule has 0 N–H and O–H groups in total. The molecule has 0 fully saturated rings. The third kappa shape index (κ3) is 1.75. The second kappa shape index (κ2) is 3.40. The van der Waals surface area contributed by atoms with Gasteiger partial charge in [0.25, 0.3) is 0 Å². The molecular weight excluding hydrogens is 216 g/mol. The molecule has 0 spiro atoms. The first-order valence-corrected chi connectivity index (χ1v) is 4.59. The number of carbonyl (C=O) groups excluding carboxylic acids is 1. The molecule has 64 valence electrons. The van der Waals surface area contributed by atoms with Gasteiger partial charge in [-0.15, -0.1) is 0 Å². The van der Waals surface area contributed by atoms with Crippen molar-refractivity contribution in [2.24, 2.45) is 0 Å². The quantitative estimate of drug-likeness (QED) is 0.673. The van der Waals surface area contributed by atoms with E-state index in [2.05, 4.69) is 15.9 Å². The number of aryl methyl sites for hydroxylation is 3. The van der Waals surface area contributed by atoms with Gasteiger partial charge in [-0.3, -0.25) is 4.79 Å². The summed E-state index contributed by atoms with van der Waals surface area (Å²) in [6.45, 7) is 5.94. The maximum absolute atomic E-state index is 11.1. The fourth-order valence-electron chi connectivity index (χ4n) is 1.49. The topological polar surface area (TPSA) is 17.1 Å². The molecule has 0 saturated heterocycles. The van der Waals surface area contributed by atoms with Crippen molar-refractivity contribution in [3.8, 4) is 0 Å². The molecule has 12 heavy (non-hydrogen) atoms. The van der Waals surface area contributed by atoms with Crippen LogP contribution in [-0.2, 0) is 0 Å². The van der Waals surface area contributed by atoms with Gasteiger partial charge in [0.15, 0.2) is 0 Å². The van der Waals surface area contributed by atoms with Gasteiger partial charge in [-0.05, 0) is 47.8 Å². The number of carbonyl (C=O) groups is 1. The lowest BCUT2D eigenvalue weighted by Crippen LogP contribution is -1.97. The van der Waals surface area contributed by atoms with Crippen molar-refractivity contribution in [1.82, 2.24) is 0 Å². The van der Waals surface area contributed by atoms with Crippen LogP contribution in [-0.4, -0.2) is 4.69 Å². The lowest BCUT2D eigenvalue weighted by Gasteiger charge is -2.06. The largest absolute Gasteiger partial charge is 0.281 e. The van der Waals surface area contributed by atoms with Crippen LogP contribution >= 0.6 is 15.9 Å². The zero-order valence-corrected chi connectivity index (χ0v) is 9.03. The van der Waals surface area contributed by atoms with E-state index in [4.69, 9.17) is 0 Å². The molecule has 1 aromatic rings. The van der Waals surface area contributed by atoms with E-state index in [1.54, 1.807) is 0 Å². The number of halogens is 1. The van der Waals surface area contributed by atoms with Crippen LogP contribution in [0.3, 0.4) is 0 Å². The zero-order valence-electron chi connectivity index (χ0n) is 7.44. The maximum atomic E-state index is 11.1. The van der Waals surface area contributed by atoms with Crippen LogP contribution in [0.5, 0.6) is 0 Å². The minimum Gasteiger partial charge on any atom is -0.281 e. The summed E-state index contributed by atoms with van der Waals surface area (Å²) < 4.78 is -0.0301. The monoisotopic (exact) mass is 226 g/mol. The Balaban J connectivity index is 3.38. The number of hydrogen-bond donors (Lipinski definition) is 0. The van der Waals surface area contributed by atoms with Gasteiger partial charge >= 0.3 is 0 Å². The third-order valence-corrected chi connectivity index (χ3v) is 2.27. The highest BCUT2D eigenvalue weighted by atomic mass is 79.9. The van der Waals surface area contributed by atoms with Gasteiger partial charge in [-0.2, -0.15) is 0 Å². The van der Waals surface area contributed by atoms with Crippen molar-refractivity contribution in [1.29, 1.82) is 0 Å². The fourth-order valence-corrected chi connectivity index (χ4v) is 2.12. The Morgan fingerprint density at radius 1 is 1.17 bits per heavy atom. The summed E-state index contributed by atoms with van der Waals surface area (Å²) in [5, 5.41) is 0. The molecule has 1 rings (SSSR count). The minimum atomic E-state index is -0.0301. The van der Waals surface area contributed by atoms with E-state index < -0.39 is 0 Å². The molecule has 0 aromatic heterocycles. The normalized spacial score (nSPS) is 10.0. The number of hydrogen-bond acceptors (Lipinski definition) is 1. The molecular formula is C10H11BrO. The van der Waals surface area contributed by atoms with E-state index in [1.165, 1.54) is 5.56 Å². The Kier molecular flexibility index (Phi) is 2.68. The molecule has 0 aliphatic carbocycles.